The monoisotopic (exact) mass is 325 g/mol. The lowest BCUT2D eigenvalue weighted by atomic mass is 9.89. The van der Waals surface area contributed by atoms with Crippen molar-refractivity contribution in [3.8, 4) is 0 Å². The first-order chi connectivity index (χ1) is 9.31. The van der Waals surface area contributed by atoms with E-state index in [1.165, 1.54) is 29.3 Å². The van der Waals surface area contributed by atoms with E-state index in [1.807, 2.05) is 0 Å². The summed E-state index contributed by atoms with van der Waals surface area (Å²) in [4.78, 5) is 0. The van der Waals surface area contributed by atoms with Gasteiger partial charge in [-0.1, -0.05) is 41.1 Å². The van der Waals surface area contributed by atoms with Crippen LogP contribution in [0.3, 0.4) is 0 Å². The summed E-state index contributed by atoms with van der Waals surface area (Å²) in [5.74, 6) is 0.646. The topological polar surface area (TPSA) is 21.3 Å². The lowest BCUT2D eigenvalue weighted by molar-refractivity contribution is 0.0393. The fraction of sp³-hybridized carbons (Fsp3) is 0.625. The third-order valence-electron chi connectivity index (χ3n) is 3.82. The molecule has 0 spiro atoms. The third-order valence-corrected chi connectivity index (χ3v) is 4.59. The number of benzene rings is 1. The molecule has 0 amide bonds. The summed E-state index contributed by atoms with van der Waals surface area (Å²) in [5.41, 5.74) is 1.39. The van der Waals surface area contributed by atoms with Crippen LogP contribution in [0.25, 0.3) is 0 Å². The predicted molar refractivity (Wildman–Crippen MR) is 83.5 cm³/mol. The van der Waals surface area contributed by atoms with E-state index >= 15 is 0 Å². The molecule has 1 fully saturated rings. The van der Waals surface area contributed by atoms with Gasteiger partial charge in [-0.2, -0.15) is 0 Å². The smallest absolute Gasteiger partial charge is 0.0509 e. The van der Waals surface area contributed by atoms with E-state index in [0.29, 0.717) is 12.0 Å². The van der Waals surface area contributed by atoms with Crippen molar-refractivity contribution in [3.63, 3.8) is 0 Å². The van der Waals surface area contributed by atoms with E-state index in [1.54, 1.807) is 0 Å². The minimum absolute atomic E-state index is 0.527. The Kier molecular flexibility index (Phi) is 6.35. The Hall–Kier alpha value is -0.380. The Morgan fingerprint density at radius 2 is 2.26 bits per heavy atom. The molecular weight excluding hydrogens is 302 g/mol. The van der Waals surface area contributed by atoms with Gasteiger partial charge in [0.1, 0.15) is 0 Å². The van der Waals surface area contributed by atoms with Gasteiger partial charge in [-0.25, -0.2) is 0 Å². The standard InChI is InChI=1S/C16H24BrNO/c1-2-9-18-16(14-7-5-10-19-12-14)11-13-6-3-4-8-15(13)17/h3-4,6,8,14,16,18H,2,5,7,9-12H2,1H3. The van der Waals surface area contributed by atoms with Crippen LogP contribution in [0.4, 0.5) is 0 Å². The molecule has 1 heterocycles. The fourth-order valence-electron chi connectivity index (χ4n) is 2.72. The molecule has 0 aromatic heterocycles. The first-order valence-corrected chi connectivity index (χ1v) is 8.15. The summed E-state index contributed by atoms with van der Waals surface area (Å²) in [5, 5.41) is 3.71. The summed E-state index contributed by atoms with van der Waals surface area (Å²) in [7, 11) is 0. The predicted octanol–water partition coefficient (Wildman–Crippen LogP) is 3.79. The van der Waals surface area contributed by atoms with Gasteiger partial charge in [-0.15, -0.1) is 0 Å². The summed E-state index contributed by atoms with van der Waals surface area (Å²) in [6, 6.07) is 9.07. The highest BCUT2D eigenvalue weighted by Crippen LogP contribution is 2.24. The Labute approximate surface area is 125 Å². The van der Waals surface area contributed by atoms with Crippen LogP contribution in [0.15, 0.2) is 28.7 Å². The summed E-state index contributed by atoms with van der Waals surface area (Å²) in [6.45, 7) is 5.16. The maximum Gasteiger partial charge on any atom is 0.0509 e. The summed E-state index contributed by atoms with van der Waals surface area (Å²) < 4.78 is 6.88. The molecule has 1 aliphatic heterocycles. The second kappa shape index (κ2) is 8.03. The van der Waals surface area contributed by atoms with E-state index in [-0.39, 0.29) is 0 Å². The first-order valence-electron chi connectivity index (χ1n) is 7.35. The van der Waals surface area contributed by atoms with Crippen molar-refractivity contribution >= 4 is 15.9 Å². The van der Waals surface area contributed by atoms with Crippen molar-refractivity contribution in [2.45, 2.75) is 38.6 Å². The number of hydrogen-bond acceptors (Lipinski definition) is 2. The van der Waals surface area contributed by atoms with Gasteiger partial charge in [-0.05, 0) is 49.8 Å². The van der Waals surface area contributed by atoms with E-state index < -0.39 is 0 Å². The van der Waals surface area contributed by atoms with Crippen LogP contribution in [0, 0.1) is 5.92 Å². The van der Waals surface area contributed by atoms with Gasteiger partial charge in [0.2, 0.25) is 0 Å². The molecule has 1 N–H and O–H groups in total. The van der Waals surface area contributed by atoms with Gasteiger partial charge in [0.15, 0.2) is 0 Å². The minimum Gasteiger partial charge on any atom is -0.381 e. The van der Waals surface area contributed by atoms with Crippen molar-refractivity contribution in [2.24, 2.45) is 5.92 Å². The van der Waals surface area contributed by atoms with Crippen LogP contribution in [-0.4, -0.2) is 25.8 Å². The first kappa shape index (κ1) is 15.0. The van der Waals surface area contributed by atoms with E-state index in [2.05, 4.69) is 52.4 Å². The molecule has 2 atom stereocenters. The Morgan fingerprint density at radius 3 is 2.95 bits per heavy atom. The van der Waals surface area contributed by atoms with Crippen LogP contribution in [0.1, 0.15) is 31.7 Å². The molecule has 2 rings (SSSR count). The number of halogens is 1. The molecule has 3 heteroatoms. The van der Waals surface area contributed by atoms with Gasteiger partial charge in [0.05, 0.1) is 6.61 Å². The highest BCUT2D eigenvalue weighted by atomic mass is 79.9. The number of nitrogens with one attached hydrogen (secondary N) is 1. The second-order valence-corrected chi connectivity index (χ2v) is 6.19. The quantitative estimate of drug-likeness (QED) is 0.859. The van der Waals surface area contributed by atoms with Crippen LogP contribution in [0.2, 0.25) is 0 Å². The fourth-order valence-corrected chi connectivity index (χ4v) is 3.17. The third kappa shape index (κ3) is 4.59. The number of hydrogen-bond donors (Lipinski definition) is 1. The minimum atomic E-state index is 0.527. The van der Waals surface area contributed by atoms with Gasteiger partial charge in [0, 0.05) is 17.1 Å². The average Bonchev–Trinajstić information content (AvgIpc) is 2.46. The van der Waals surface area contributed by atoms with Crippen LogP contribution in [0.5, 0.6) is 0 Å². The zero-order valence-corrected chi connectivity index (χ0v) is 13.3. The Morgan fingerprint density at radius 1 is 1.42 bits per heavy atom. The van der Waals surface area contributed by atoms with E-state index in [0.717, 1.165) is 26.2 Å². The van der Waals surface area contributed by atoms with Gasteiger partial charge >= 0.3 is 0 Å². The lowest BCUT2D eigenvalue weighted by Gasteiger charge is -2.31. The molecule has 2 unspecified atom stereocenters. The van der Waals surface area contributed by atoms with Crippen molar-refractivity contribution in [3.05, 3.63) is 34.3 Å². The van der Waals surface area contributed by atoms with Crippen LogP contribution < -0.4 is 5.32 Å². The largest absolute Gasteiger partial charge is 0.381 e. The Balaban J connectivity index is 2.02. The number of rotatable bonds is 6. The molecule has 1 aromatic rings. The van der Waals surface area contributed by atoms with Crippen molar-refractivity contribution in [1.29, 1.82) is 0 Å². The zero-order chi connectivity index (χ0) is 13.5. The lowest BCUT2D eigenvalue weighted by Crippen LogP contribution is -2.42. The highest BCUT2D eigenvalue weighted by Gasteiger charge is 2.24. The summed E-state index contributed by atoms with van der Waals surface area (Å²) >= 11 is 3.66. The SMILES string of the molecule is CCCNC(Cc1ccccc1Br)C1CCCOC1. The molecule has 0 aliphatic carbocycles. The van der Waals surface area contributed by atoms with Crippen LogP contribution >= 0.6 is 15.9 Å². The molecule has 0 radical (unpaired) electrons. The maximum atomic E-state index is 5.66. The van der Waals surface area contributed by atoms with E-state index in [4.69, 9.17) is 4.74 Å². The molecule has 106 valence electrons. The maximum absolute atomic E-state index is 5.66. The molecule has 0 saturated carbocycles. The second-order valence-electron chi connectivity index (χ2n) is 5.33. The molecule has 1 saturated heterocycles. The Bertz CT molecular complexity index is 377. The van der Waals surface area contributed by atoms with Crippen molar-refractivity contribution in [1.82, 2.24) is 5.32 Å². The summed E-state index contributed by atoms with van der Waals surface area (Å²) in [6.07, 6.45) is 4.74. The van der Waals surface area contributed by atoms with Gasteiger partial charge in [-0.3, -0.25) is 0 Å². The molecule has 19 heavy (non-hydrogen) atoms. The van der Waals surface area contributed by atoms with E-state index in [9.17, 15) is 0 Å². The normalized spacial score (nSPS) is 21.3. The average molecular weight is 326 g/mol. The molecule has 1 aliphatic rings. The molecule has 1 aromatic carbocycles. The number of ether oxygens (including phenoxy) is 1. The van der Waals surface area contributed by atoms with Crippen molar-refractivity contribution in [2.75, 3.05) is 19.8 Å². The van der Waals surface area contributed by atoms with Gasteiger partial charge in [0.25, 0.3) is 0 Å². The van der Waals surface area contributed by atoms with Crippen molar-refractivity contribution < 1.29 is 4.74 Å². The van der Waals surface area contributed by atoms with Gasteiger partial charge < -0.3 is 10.1 Å². The zero-order valence-electron chi connectivity index (χ0n) is 11.7. The molecule has 2 nitrogen and oxygen atoms in total. The molecular formula is C16H24BrNO. The van der Waals surface area contributed by atoms with Crippen LogP contribution in [-0.2, 0) is 11.2 Å². The molecule has 0 bridgehead atoms. The highest BCUT2D eigenvalue weighted by molar-refractivity contribution is 9.10.